The Bertz CT molecular complexity index is 675. The van der Waals surface area contributed by atoms with E-state index in [4.69, 9.17) is 0 Å². The van der Waals surface area contributed by atoms with Gasteiger partial charge < -0.3 is 9.88 Å². The van der Waals surface area contributed by atoms with Crippen LogP contribution >= 0.6 is 0 Å². The van der Waals surface area contributed by atoms with Crippen molar-refractivity contribution in [3.63, 3.8) is 0 Å². The van der Waals surface area contributed by atoms with Crippen LogP contribution in [0.2, 0.25) is 0 Å². The highest BCUT2D eigenvalue weighted by Crippen LogP contribution is 2.10. The molecule has 1 amide bonds. The maximum atomic E-state index is 12.2. The number of unbranched alkanes of at least 4 members (excludes halogenated alkanes) is 1. The molecule has 4 nitrogen and oxygen atoms in total. The minimum atomic E-state index is -0.281. The number of para-hydroxylation sites is 1. The van der Waals surface area contributed by atoms with Crippen LogP contribution in [-0.4, -0.2) is 10.5 Å². The molecule has 1 aromatic heterocycles. The van der Waals surface area contributed by atoms with E-state index >= 15 is 0 Å². The van der Waals surface area contributed by atoms with E-state index in [0.717, 1.165) is 25.0 Å². The molecule has 1 aromatic carbocycles. The van der Waals surface area contributed by atoms with Gasteiger partial charge in [-0.3, -0.25) is 9.59 Å². The summed E-state index contributed by atoms with van der Waals surface area (Å²) in [6.45, 7) is 2.08. The van der Waals surface area contributed by atoms with Crippen LogP contribution in [-0.2, 0) is 6.42 Å². The maximum absolute atomic E-state index is 12.2. The van der Waals surface area contributed by atoms with Gasteiger partial charge in [-0.05, 0) is 31.0 Å². The van der Waals surface area contributed by atoms with E-state index in [1.54, 1.807) is 18.2 Å². The van der Waals surface area contributed by atoms with Crippen molar-refractivity contribution in [2.24, 2.45) is 0 Å². The highest BCUT2D eigenvalue weighted by atomic mass is 16.2. The van der Waals surface area contributed by atoms with E-state index in [1.807, 2.05) is 18.2 Å². The van der Waals surface area contributed by atoms with Gasteiger partial charge in [-0.1, -0.05) is 31.5 Å². The second-order valence-corrected chi connectivity index (χ2v) is 4.93. The van der Waals surface area contributed by atoms with Crippen LogP contribution in [0.5, 0.6) is 0 Å². The summed E-state index contributed by atoms with van der Waals surface area (Å²) in [5, 5.41) is 2.78. The predicted octanol–water partition coefficient (Wildman–Crippen LogP) is 3.08. The highest BCUT2D eigenvalue weighted by Gasteiger charge is 2.10. The fourth-order valence-electron chi connectivity index (χ4n) is 2.07. The Morgan fingerprint density at radius 3 is 2.62 bits per heavy atom. The lowest BCUT2D eigenvalue weighted by Gasteiger charge is -2.10. The molecule has 0 aliphatic heterocycles. The SMILES string of the molecule is [CH2]n1c(CCCC)cc(C(=O)Nc2ccccc2)cc1=O. The molecule has 2 aromatic rings. The van der Waals surface area contributed by atoms with Crippen molar-refractivity contribution >= 4 is 11.6 Å². The Balaban J connectivity index is 2.25. The normalized spacial score (nSPS) is 10.4. The van der Waals surface area contributed by atoms with E-state index < -0.39 is 0 Å². The van der Waals surface area contributed by atoms with Crippen LogP contribution in [0.4, 0.5) is 5.69 Å². The number of carbonyl (C=O) groups excluding carboxylic acids is 1. The number of rotatable bonds is 5. The summed E-state index contributed by atoms with van der Waals surface area (Å²) in [6, 6.07) is 12.2. The van der Waals surface area contributed by atoms with E-state index in [9.17, 15) is 9.59 Å². The van der Waals surface area contributed by atoms with Gasteiger partial charge in [-0.15, -0.1) is 0 Å². The zero-order valence-corrected chi connectivity index (χ0v) is 12.1. The van der Waals surface area contributed by atoms with Crippen molar-refractivity contribution < 1.29 is 4.79 Å². The van der Waals surface area contributed by atoms with Gasteiger partial charge in [0.15, 0.2) is 0 Å². The van der Waals surface area contributed by atoms with Crippen LogP contribution in [0.3, 0.4) is 0 Å². The molecule has 1 heterocycles. The molecule has 0 unspecified atom stereocenters. The van der Waals surface area contributed by atoms with Crippen molar-refractivity contribution in [1.29, 1.82) is 0 Å². The summed E-state index contributed by atoms with van der Waals surface area (Å²) in [4.78, 5) is 24.1. The largest absolute Gasteiger partial charge is 0.322 e. The van der Waals surface area contributed by atoms with E-state index in [-0.39, 0.29) is 11.5 Å². The molecule has 1 radical (unpaired) electrons. The Morgan fingerprint density at radius 1 is 1.24 bits per heavy atom. The van der Waals surface area contributed by atoms with Crippen molar-refractivity contribution in [1.82, 2.24) is 4.57 Å². The number of nitrogens with one attached hydrogen (secondary N) is 1. The average molecular weight is 283 g/mol. The first-order chi connectivity index (χ1) is 10.1. The van der Waals surface area contributed by atoms with Crippen molar-refractivity contribution in [3.8, 4) is 0 Å². The average Bonchev–Trinajstić information content (AvgIpc) is 2.49. The summed E-state index contributed by atoms with van der Waals surface area (Å²) in [7, 11) is 3.73. The van der Waals surface area contributed by atoms with E-state index in [2.05, 4.69) is 19.3 Å². The Hall–Kier alpha value is -2.36. The number of carbonyl (C=O) groups is 1. The first-order valence-corrected chi connectivity index (χ1v) is 7.05. The number of aromatic nitrogens is 1. The van der Waals surface area contributed by atoms with E-state index in [0.29, 0.717) is 11.3 Å². The lowest BCUT2D eigenvalue weighted by atomic mass is 10.1. The second-order valence-electron chi connectivity index (χ2n) is 4.93. The van der Waals surface area contributed by atoms with Gasteiger partial charge in [0.25, 0.3) is 11.5 Å². The fraction of sp³-hybridized carbons (Fsp3) is 0.235. The number of benzene rings is 1. The summed E-state index contributed by atoms with van der Waals surface area (Å²) in [5.41, 5.74) is 1.59. The zero-order valence-electron chi connectivity index (χ0n) is 12.1. The van der Waals surface area contributed by atoms with Crippen LogP contribution in [0.1, 0.15) is 35.8 Å². The predicted molar refractivity (Wildman–Crippen MR) is 84.5 cm³/mol. The lowest BCUT2D eigenvalue weighted by Crippen LogP contribution is -2.22. The smallest absolute Gasteiger partial charge is 0.255 e. The lowest BCUT2D eigenvalue weighted by molar-refractivity contribution is 0.102. The molecular formula is C17H19N2O2. The molecule has 2 rings (SSSR count). The number of pyridine rings is 1. The molecule has 0 aliphatic rings. The molecule has 0 fully saturated rings. The molecule has 0 spiro atoms. The summed E-state index contributed by atoms with van der Waals surface area (Å²) >= 11 is 0. The molecule has 4 heteroatoms. The zero-order chi connectivity index (χ0) is 15.2. The monoisotopic (exact) mass is 283 g/mol. The number of hydrogen-bond acceptors (Lipinski definition) is 2. The number of aryl methyl sites for hydroxylation is 1. The number of anilines is 1. The quantitative estimate of drug-likeness (QED) is 0.916. The van der Waals surface area contributed by atoms with Gasteiger partial charge in [-0.25, -0.2) is 0 Å². The van der Waals surface area contributed by atoms with Crippen LogP contribution < -0.4 is 10.9 Å². The van der Waals surface area contributed by atoms with Gasteiger partial charge >= 0.3 is 0 Å². The van der Waals surface area contributed by atoms with Crippen LogP contribution in [0, 0.1) is 7.05 Å². The van der Waals surface area contributed by atoms with Gasteiger partial charge in [0.2, 0.25) is 0 Å². The first-order valence-electron chi connectivity index (χ1n) is 7.05. The standard InChI is InChI=1S/C17H19N2O2/c1-3-4-10-15-11-13(12-16(20)19(15)2)17(21)18-14-8-6-5-7-9-14/h5-9,11-12H,2-4,10H2,1H3,(H,18,21). The molecule has 109 valence electrons. The third kappa shape index (κ3) is 3.81. The number of hydrogen-bond donors (Lipinski definition) is 1. The van der Waals surface area contributed by atoms with E-state index in [1.165, 1.54) is 10.6 Å². The number of amides is 1. The topological polar surface area (TPSA) is 51.1 Å². The summed E-state index contributed by atoms with van der Waals surface area (Å²) in [5.74, 6) is -0.281. The molecule has 0 bridgehead atoms. The third-order valence-corrected chi connectivity index (χ3v) is 3.29. The molecule has 1 N–H and O–H groups in total. The Kier molecular flexibility index (Phi) is 4.93. The second kappa shape index (κ2) is 6.88. The number of nitrogens with zero attached hydrogens (tertiary/aromatic N) is 1. The minimum Gasteiger partial charge on any atom is -0.322 e. The molecule has 0 aliphatic carbocycles. The van der Waals surface area contributed by atoms with Gasteiger partial charge in [-0.2, -0.15) is 0 Å². The molecule has 0 saturated heterocycles. The molecule has 21 heavy (non-hydrogen) atoms. The summed E-state index contributed by atoms with van der Waals surface area (Å²) in [6.07, 6.45) is 2.72. The minimum absolute atomic E-state index is 0.262. The maximum Gasteiger partial charge on any atom is 0.255 e. The molecular weight excluding hydrogens is 264 g/mol. The fourth-order valence-corrected chi connectivity index (χ4v) is 2.07. The summed E-state index contributed by atoms with van der Waals surface area (Å²) < 4.78 is 1.36. The van der Waals surface area contributed by atoms with Crippen molar-refractivity contribution in [2.75, 3.05) is 5.32 Å². The van der Waals surface area contributed by atoms with Gasteiger partial charge in [0, 0.05) is 30.1 Å². The van der Waals surface area contributed by atoms with Gasteiger partial charge in [0.1, 0.15) is 0 Å². The van der Waals surface area contributed by atoms with Crippen molar-refractivity contribution in [2.45, 2.75) is 26.2 Å². The first kappa shape index (κ1) is 15.0. The van der Waals surface area contributed by atoms with Crippen LogP contribution in [0.25, 0.3) is 0 Å². The molecule has 0 saturated carbocycles. The van der Waals surface area contributed by atoms with Gasteiger partial charge in [0.05, 0.1) is 0 Å². The third-order valence-electron chi connectivity index (χ3n) is 3.29. The Labute approximate surface area is 124 Å². The molecule has 0 atom stereocenters. The van der Waals surface area contributed by atoms with Crippen LogP contribution in [0.15, 0.2) is 47.3 Å². The van der Waals surface area contributed by atoms with Crippen molar-refractivity contribution in [3.05, 3.63) is 71.1 Å². The highest BCUT2D eigenvalue weighted by molar-refractivity contribution is 6.04. The Morgan fingerprint density at radius 2 is 1.95 bits per heavy atom.